The molecule has 2 aromatic heterocycles. The van der Waals surface area contributed by atoms with E-state index in [1.807, 2.05) is 58.9 Å². The SMILES string of the molecule is Cc1noc(C)c1-c1ccc(-n2c(NC(C)C)nc3c(c2=O)C[C@@H](C)N(C(=O)c2ccc(Cl)c(Cl)c2)C3)cc1. The van der Waals surface area contributed by atoms with E-state index in [4.69, 9.17) is 32.7 Å². The van der Waals surface area contributed by atoms with Gasteiger partial charge in [0.15, 0.2) is 0 Å². The Labute approximate surface area is 236 Å². The summed E-state index contributed by atoms with van der Waals surface area (Å²) in [5, 5.41) is 8.06. The first kappa shape index (κ1) is 27.0. The molecule has 0 aliphatic carbocycles. The molecule has 0 radical (unpaired) electrons. The highest BCUT2D eigenvalue weighted by Crippen LogP contribution is 2.30. The number of benzene rings is 2. The van der Waals surface area contributed by atoms with E-state index in [0.29, 0.717) is 44.9 Å². The van der Waals surface area contributed by atoms with Crippen LogP contribution in [0.3, 0.4) is 0 Å². The quantitative estimate of drug-likeness (QED) is 0.309. The second-order valence-electron chi connectivity index (χ2n) is 10.2. The maximum absolute atomic E-state index is 13.9. The molecule has 1 N–H and O–H groups in total. The Morgan fingerprint density at radius 1 is 1.10 bits per heavy atom. The number of fused-ring (bicyclic) bond motifs is 1. The van der Waals surface area contributed by atoms with Crippen molar-refractivity contribution in [2.75, 3.05) is 5.32 Å². The number of amides is 1. The van der Waals surface area contributed by atoms with Crippen LogP contribution >= 0.6 is 23.2 Å². The minimum atomic E-state index is -0.215. The standard InChI is InChI=1S/C29H29Cl2N5O3/c1-15(2)32-29-33-25-14-35(27(37)20-8-11-23(30)24(31)13-20)16(3)12-22(25)28(38)36(29)21-9-6-19(7-10-21)26-17(4)34-39-18(26)5/h6-11,13,15-16H,12,14H2,1-5H3,(H,32,33)/t16-/m1/s1. The zero-order chi connectivity index (χ0) is 28.0. The van der Waals surface area contributed by atoms with Gasteiger partial charge in [-0.2, -0.15) is 0 Å². The first-order chi connectivity index (χ1) is 18.5. The number of rotatable bonds is 5. The third kappa shape index (κ3) is 5.06. The van der Waals surface area contributed by atoms with Crippen LogP contribution in [0.2, 0.25) is 10.0 Å². The van der Waals surface area contributed by atoms with Crippen molar-refractivity contribution in [3.63, 3.8) is 0 Å². The van der Waals surface area contributed by atoms with Crippen molar-refractivity contribution in [1.29, 1.82) is 0 Å². The van der Waals surface area contributed by atoms with Crippen LogP contribution in [-0.2, 0) is 13.0 Å². The summed E-state index contributed by atoms with van der Waals surface area (Å²) < 4.78 is 6.93. The number of halogens is 2. The maximum atomic E-state index is 13.9. The number of anilines is 1. The van der Waals surface area contributed by atoms with E-state index in [-0.39, 0.29) is 30.1 Å². The topological polar surface area (TPSA) is 93.3 Å². The van der Waals surface area contributed by atoms with Crippen molar-refractivity contribution in [3.05, 3.63) is 91.1 Å². The van der Waals surface area contributed by atoms with E-state index in [2.05, 4.69) is 10.5 Å². The fraction of sp³-hybridized carbons (Fsp3) is 0.310. The van der Waals surface area contributed by atoms with Gasteiger partial charge in [-0.05, 0) is 76.9 Å². The van der Waals surface area contributed by atoms with Gasteiger partial charge in [-0.15, -0.1) is 0 Å². The van der Waals surface area contributed by atoms with E-state index < -0.39 is 0 Å². The van der Waals surface area contributed by atoms with E-state index in [0.717, 1.165) is 22.6 Å². The third-order valence-electron chi connectivity index (χ3n) is 6.91. The molecule has 2 aromatic carbocycles. The number of hydrogen-bond acceptors (Lipinski definition) is 6. The van der Waals surface area contributed by atoms with Crippen molar-refractivity contribution < 1.29 is 9.32 Å². The van der Waals surface area contributed by atoms with Gasteiger partial charge in [0.2, 0.25) is 5.95 Å². The van der Waals surface area contributed by atoms with Crippen LogP contribution in [0.15, 0.2) is 51.8 Å². The summed E-state index contributed by atoms with van der Waals surface area (Å²) in [5.74, 6) is 0.977. The second-order valence-corrected chi connectivity index (χ2v) is 11.0. The minimum absolute atomic E-state index is 0.0271. The number of carbonyl (C=O) groups excluding carboxylic acids is 1. The van der Waals surface area contributed by atoms with Crippen molar-refractivity contribution in [2.24, 2.45) is 0 Å². The van der Waals surface area contributed by atoms with Crippen LogP contribution in [0.1, 0.15) is 53.8 Å². The van der Waals surface area contributed by atoms with Gasteiger partial charge in [-0.1, -0.05) is 40.5 Å². The molecule has 202 valence electrons. The Hall–Kier alpha value is -3.62. The second kappa shape index (κ2) is 10.5. The molecular formula is C29H29Cl2N5O3. The molecule has 0 fully saturated rings. The van der Waals surface area contributed by atoms with Gasteiger partial charge in [-0.25, -0.2) is 9.55 Å². The Kier molecular flexibility index (Phi) is 7.27. The van der Waals surface area contributed by atoms with Gasteiger partial charge < -0.3 is 14.7 Å². The molecule has 1 amide bonds. The summed E-state index contributed by atoms with van der Waals surface area (Å²) >= 11 is 12.2. The fourth-order valence-electron chi connectivity index (χ4n) is 4.99. The zero-order valence-electron chi connectivity index (χ0n) is 22.4. The average molecular weight is 566 g/mol. The first-order valence-corrected chi connectivity index (χ1v) is 13.5. The van der Waals surface area contributed by atoms with Crippen LogP contribution in [-0.4, -0.2) is 37.6 Å². The van der Waals surface area contributed by atoms with Crippen molar-refractivity contribution in [1.82, 2.24) is 19.6 Å². The molecular weight excluding hydrogens is 537 g/mol. The lowest BCUT2D eigenvalue weighted by Crippen LogP contribution is -2.46. The van der Waals surface area contributed by atoms with Gasteiger partial charge in [0.05, 0.1) is 33.7 Å². The largest absolute Gasteiger partial charge is 0.361 e. The summed E-state index contributed by atoms with van der Waals surface area (Å²) in [6.07, 6.45) is 0.382. The smallest absolute Gasteiger partial charge is 0.263 e. The van der Waals surface area contributed by atoms with Crippen molar-refractivity contribution >= 4 is 35.1 Å². The number of carbonyl (C=O) groups is 1. The highest BCUT2D eigenvalue weighted by Gasteiger charge is 2.32. The first-order valence-electron chi connectivity index (χ1n) is 12.8. The minimum Gasteiger partial charge on any atom is -0.361 e. The summed E-state index contributed by atoms with van der Waals surface area (Å²) in [6, 6.07) is 12.3. The molecule has 5 rings (SSSR count). The lowest BCUT2D eigenvalue weighted by Gasteiger charge is -2.34. The molecule has 1 aliphatic heterocycles. The average Bonchev–Trinajstić information content (AvgIpc) is 3.23. The number of hydrogen-bond donors (Lipinski definition) is 1. The Balaban J connectivity index is 1.54. The molecule has 4 aromatic rings. The molecule has 8 nitrogen and oxygen atoms in total. The summed E-state index contributed by atoms with van der Waals surface area (Å²) in [7, 11) is 0. The highest BCUT2D eigenvalue weighted by molar-refractivity contribution is 6.42. The third-order valence-corrected chi connectivity index (χ3v) is 7.65. The molecule has 3 heterocycles. The van der Waals surface area contributed by atoms with Gasteiger partial charge in [0.1, 0.15) is 5.76 Å². The van der Waals surface area contributed by atoms with Crippen LogP contribution in [0.25, 0.3) is 16.8 Å². The molecule has 0 bridgehead atoms. The van der Waals surface area contributed by atoms with Gasteiger partial charge in [0.25, 0.3) is 11.5 Å². The molecule has 39 heavy (non-hydrogen) atoms. The molecule has 1 aliphatic rings. The molecule has 0 saturated carbocycles. The summed E-state index contributed by atoms with van der Waals surface area (Å²) in [6.45, 7) is 9.89. The number of aryl methyl sites for hydroxylation is 2. The van der Waals surface area contributed by atoms with Crippen LogP contribution < -0.4 is 10.9 Å². The van der Waals surface area contributed by atoms with Crippen LogP contribution in [0.4, 0.5) is 5.95 Å². The molecule has 0 saturated heterocycles. The lowest BCUT2D eigenvalue weighted by atomic mass is 9.98. The van der Waals surface area contributed by atoms with Gasteiger partial charge in [-0.3, -0.25) is 9.59 Å². The van der Waals surface area contributed by atoms with E-state index in [9.17, 15) is 9.59 Å². The Morgan fingerprint density at radius 3 is 2.44 bits per heavy atom. The number of nitrogens with one attached hydrogen (secondary N) is 1. The predicted molar refractivity (Wildman–Crippen MR) is 153 cm³/mol. The van der Waals surface area contributed by atoms with E-state index in [1.165, 1.54) is 0 Å². The number of nitrogens with zero attached hydrogens (tertiary/aromatic N) is 4. The molecule has 1 atom stereocenters. The van der Waals surface area contributed by atoms with Crippen molar-refractivity contribution in [2.45, 2.75) is 59.7 Å². The Morgan fingerprint density at radius 2 is 1.82 bits per heavy atom. The van der Waals surface area contributed by atoms with E-state index >= 15 is 0 Å². The zero-order valence-corrected chi connectivity index (χ0v) is 23.9. The monoisotopic (exact) mass is 565 g/mol. The Bertz CT molecular complexity index is 1610. The molecule has 0 unspecified atom stereocenters. The predicted octanol–water partition coefficient (Wildman–Crippen LogP) is 6.22. The van der Waals surface area contributed by atoms with Crippen LogP contribution in [0.5, 0.6) is 0 Å². The highest BCUT2D eigenvalue weighted by atomic mass is 35.5. The fourth-order valence-corrected chi connectivity index (χ4v) is 5.29. The normalized spacial score (nSPS) is 15.0. The molecule has 10 heteroatoms. The summed E-state index contributed by atoms with van der Waals surface area (Å²) in [4.78, 5) is 33.9. The maximum Gasteiger partial charge on any atom is 0.263 e. The molecule has 0 spiro atoms. The summed E-state index contributed by atoms with van der Waals surface area (Å²) in [5.41, 5.74) is 4.87. The van der Waals surface area contributed by atoms with Gasteiger partial charge in [0, 0.05) is 28.8 Å². The van der Waals surface area contributed by atoms with Crippen molar-refractivity contribution in [3.8, 4) is 16.8 Å². The van der Waals surface area contributed by atoms with E-state index in [1.54, 1.807) is 27.7 Å². The number of aromatic nitrogens is 3. The van der Waals surface area contributed by atoms with Crippen LogP contribution in [0, 0.1) is 13.8 Å². The lowest BCUT2D eigenvalue weighted by molar-refractivity contribution is 0.0653. The van der Waals surface area contributed by atoms with Gasteiger partial charge >= 0.3 is 0 Å².